The highest BCUT2D eigenvalue weighted by Crippen LogP contribution is 2.40. The Hall–Kier alpha value is -3.21. The number of benzene rings is 2. The summed E-state index contributed by atoms with van der Waals surface area (Å²) in [6.45, 7) is 6.59. The van der Waals surface area contributed by atoms with Crippen LogP contribution in [0.2, 0.25) is 0 Å². The van der Waals surface area contributed by atoms with E-state index in [-0.39, 0.29) is 11.5 Å². The van der Waals surface area contributed by atoms with Gasteiger partial charge in [-0.3, -0.25) is 9.80 Å². The first kappa shape index (κ1) is 40.5. The minimum absolute atomic E-state index is 0.0347. The number of nitrogens with zero attached hydrogens (tertiary/aromatic N) is 3. The summed E-state index contributed by atoms with van der Waals surface area (Å²) in [6, 6.07) is 3.98. The number of hydrogen-bond acceptors (Lipinski definition) is 11. The summed E-state index contributed by atoms with van der Waals surface area (Å²) in [4.78, 5) is 30.9. The fraction of sp³-hybridized carbons (Fsp3) is 0.632. The van der Waals surface area contributed by atoms with Gasteiger partial charge in [-0.1, -0.05) is 12.1 Å². The van der Waals surface area contributed by atoms with Gasteiger partial charge in [-0.2, -0.15) is 4.99 Å². The summed E-state index contributed by atoms with van der Waals surface area (Å²) < 4.78 is 58.4. The molecule has 4 aliphatic carbocycles. The van der Waals surface area contributed by atoms with Crippen LogP contribution in [0.15, 0.2) is 17.1 Å². The number of anilines is 1. The average molecular weight is 787 g/mol. The van der Waals surface area contributed by atoms with E-state index >= 15 is 0 Å². The van der Waals surface area contributed by atoms with Crippen LogP contribution in [0.25, 0.3) is 0 Å². The van der Waals surface area contributed by atoms with Crippen LogP contribution in [0.5, 0.6) is 0 Å². The van der Waals surface area contributed by atoms with Crippen LogP contribution in [-0.2, 0) is 85.7 Å². The lowest BCUT2D eigenvalue weighted by Gasteiger charge is -2.26. The molecule has 0 radical (unpaired) electrons. The third-order valence-corrected chi connectivity index (χ3v) is 13.1. The molecule has 0 bridgehead atoms. The van der Waals surface area contributed by atoms with Crippen molar-refractivity contribution in [3.63, 3.8) is 0 Å². The predicted octanol–water partition coefficient (Wildman–Crippen LogP) is 2.69. The molecular weight excluding hydrogens is 733 g/mol. The van der Waals surface area contributed by atoms with Crippen LogP contribution in [0.4, 0.5) is 16.2 Å². The largest absolute Gasteiger partial charge is 0.379 e. The molecule has 54 heavy (non-hydrogen) atoms. The third kappa shape index (κ3) is 11.0. The van der Waals surface area contributed by atoms with Crippen LogP contribution in [0, 0.1) is 0 Å². The smallest absolute Gasteiger partial charge is 0.332 e. The van der Waals surface area contributed by atoms with Crippen molar-refractivity contribution < 1.29 is 35.9 Å². The molecule has 0 atom stereocenters. The number of morpholine rings is 2. The number of sulfonamides is 2. The van der Waals surface area contributed by atoms with Gasteiger partial charge in [-0.25, -0.2) is 36.3 Å². The Morgan fingerprint density at radius 3 is 1.56 bits per heavy atom. The highest BCUT2D eigenvalue weighted by Gasteiger charge is 2.27. The number of nitrogens with one attached hydrogen (secondary N) is 2. The van der Waals surface area contributed by atoms with E-state index in [1.54, 1.807) is 6.08 Å². The van der Waals surface area contributed by atoms with E-state index in [0.717, 1.165) is 102 Å². The van der Waals surface area contributed by atoms with Gasteiger partial charge in [0.15, 0.2) is 0 Å². The first-order valence-electron chi connectivity index (χ1n) is 19.3. The summed E-state index contributed by atoms with van der Waals surface area (Å²) in [6.07, 6.45) is 14.8. The van der Waals surface area contributed by atoms with Crippen LogP contribution in [0.1, 0.15) is 70.2 Å². The molecule has 2 heterocycles. The Balaban J connectivity index is 0.000000154. The van der Waals surface area contributed by atoms with E-state index in [9.17, 15) is 26.4 Å². The Labute approximate surface area is 319 Å². The van der Waals surface area contributed by atoms with Crippen molar-refractivity contribution in [2.75, 3.05) is 82.5 Å². The minimum atomic E-state index is -3.67. The summed E-state index contributed by atoms with van der Waals surface area (Å²) in [5, 5.41) is 7.74. The summed E-state index contributed by atoms with van der Waals surface area (Å²) in [5.74, 6) is -0.0571. The van der Waals surface area contributed by atoms with Crippen molar-refractivity contribution in [2.24, 2.45) is 10.1 Å². The molecule has 0 aromatic heterocycles. The highest BCUT2D eigenvalue weighted by molar-refractivity contribution is 7.90. The molecule has 296 valence electrons. The van der Waals surface area contributed by atoms with Gasteiger partial charge in [0, 0.05) is 45.0 Å². The molecule has 0 unspecified atom stereocenters. The van der Waals surface area contributed by atoms with E-state index in [1.165, 1.54) is 57.3 Å². The van der Waals surface area contributed by atoms with Crippen molar-refractivity contribution in [3.8, 4) is 0 Å². The van der Waals surface area contributed by atoms with Crippen molar-refractivity contribution in [1.29, 1.82) is 0 Å². The lowest BCUT2D eigenvalue weighted by Crippen LogP contribution is -2.43. The summed E-state index contributed by atoms with van der Waals surface area (Å²) in [7, 11) is -6.98. The predicted molar refractivity (Wildman–Crippen MR) is 207 cm³/mol. The zero-order valence-electron chi connectivity index (χ0n) is 31.1. The van der Waals surface area contributed by atoms with Gasteiger partial charge in [0.1, 0.15) is 0 Å². The van der Waals surface area contributed by atoms with Gasteiger partial charge < -0.3 is 14.8 Å². The summed E-state index contributed by atoms with van der Waals surface area (Å²) >= 11 is 0. The van der Waals surface area contributed by atoms with Gasteiger partial charge >= 0.3 is 6.03 Å². The van der Waals surface area contributed by atoms with Gasteiger partial charge in [0.25, 0.3) is 0 Å². The molecule has 2 saturated heterocycles. The number of primary sulfonamides is 1. The molecule has 14 nitrogen and oxygen atoms in total. The standard InChI is InChI=1S/C19H27N3O4S.C13H13NO.C6H14N2O3S/c23-19(21-27(24,25)12-9-22-7-10-26-11-8-22)20-18-16-5-1-3-14(16)13-15-4-2-6-17(15)18;15-8-14-13-11-5-1-3-9(11)7-10-4-2-6-12(10)13;7-12(9,10)6-3-8-1-4-11-5-2-8/h13H,1-12H2,(H2,20,21,23);7H,1-6H2;1-6H2,(H2,7,9,10). The molecule has 2 aromatic rings. The number of fused-ring (bicyclic) bond motifs is 4. The second-order valence-electron chi connectivity index (χ2n) is 14.8. The maximum Gasteiger partial charge on any atom is 0.332 e. The quantitative estimate of drug-likeness (QED) is 0.252. The molecule has 6 aliphatic rings. The Kier molecular flexibility index (Phi) is 13.9. The van der Waals surface area contributed by atoms with E-state index in [1.807, 2.05) is 9.80 Å². The second kappa shape index (κ2) is 18.6. The molecule has 0 saturated carbocycles. The molecule has 2 fully saturated rings. The van der Waals surface area contributed by atoms with Gasteiger partial charge in [-0.15, -0.1) is 0 Å². The lowest BCUT2D eigenvalue weighted by atomic mass is 9.99. The number of nitrogens with two attached hydrogens (primary N) is 1. The maximum absolute atomic E-state index is 12.4. The molecule has 2 aromatic carbocycles. The molecule has 8 rings (SSSR count). The molecule has 4 N–H and O–H groups in total. The molecule has 16 heteroatoms. The number of aryl methyl sites for hydroxylation is 4. The van der Waals surface area contributed by atoms with E-state index in [0.29, 0.717) is 39.5 Å². The van der Waals surface area contributed by atoms with Crippen LogP contribution < -0.4 is 15.2 Å². The summed E-state index contributed by atoms with van der Waals surface area (Å²) in [5.41, 5.74) is 12.3. The Morgan fingerprint density at radius 2 is 1.11 bits per heavy atom. The van der Waals surface area contributed by atoms with Crippen molar-refractivity contribution >= 4 is 43.5 Å². The number of hydrogen-bond donors (Lipinski definition) is 3. The Bertz CT molecular complexity index is 1870. The molecule has 2 aliphatic heterocycles. The number of carbonyl (C=O) groups excluding carboxylic acids is 2. The second-order valence-corrected chi connectivity index (χ2v) is 18.4. The number of rotatable bonds is 9. The van der Waals surface area contributed by atoms with Crippen molar-refractivity contribution in [3.05, 3.63) is 56.6 Å². The maximum atomic E-state index is 12.4. The third-order valence-electron chi connectivity index (χ3n) is 11.1. The highest BCUT2D eigenvalue weighted by atomic mass is 32.2. The number of aliphatic imine (C=N–C) groups is 1. The minimum Gasteiger partial charge on any atom is -0.379 e. The normalized spacial score (nSPS) is 19.2. The van der Waals surface area contributed by atoms with Gasteiger partial charge in [0.05, 0.1) is 43.6 Å². The fourth-order valence-corrected chi connectivity index (χ4v) is 9.87. The van der Waals surface area contributed by atoms with Crippen LogP contribution in [-0.4, -0.2) is 116 Å². The topological polar surface area (TPSA) is 190 Å². The average Bonchev–Trinajstić information content (AvgIpc) is 3.99. The number of amides is 2. The molecular formula is C38H54N6O8S2. The number of carbonyl (C=O) groups is 1. The SMILES string of the molecule is NS(=O)(=O)CCN1CCOCC1.O=C(Nc1c2c(cc3c1CCC3)CCC2)NS(=O)(=O)CCN1CCOCC1.O=C=Nc1c2c(cc3c1CCC3)CCC2. The van der Waals surface area contributed by atoms with Crippen molar-refractivity contribution in [2.45, 2.75) is 77.0 Å². The van der Waals surface area contributed by atoms with E-state index in [2.05, 4.69) is 27.2 Å². The first-order valence-corrected chi connectivity index (χ1v) is 22.7. The number of urea groups is 1. The lowest BCUT2D eigenvalue weighted by molar-refractivity contribution is 0.0407. The molecule has 2 amide bonds. The monoisotopic (exact) mass is 786 g/mol. The molecule has 0 spiro atoms. The van der Waals surface area contributed by atoms with Crippen LogP contribution in [0.3, 0.4) is 0 Å². The number of ether oxygens (including phenoxy) is 2. The fourth-order valence-electron chi connectivity index (χ4n) is 8.42. The van der Waals surface area contributed by atoms with E-state index < -0.39 is 26.1 Å². The van der Waals surface area contributed by atoms with Gasteiger partial charge in [-0.05, 0) is 122 Å². The number of isocyanates is 1. The van der Waals surface area contributed by atoms with Gasteiger partial charge in [0.2, 0.25) is 26.1 Å². The van der Waals surface area contributed by atoms with E-state index in [4.69, 9.17) is 14.6 Å². The first-order chi connectivity index (χ1) is 26.0. The van der Waals surface area contributed by atoms with Crippen LogP contribution >= 0.6 is 0 Å². The van der Waals surface area contributed by atoms with Crippen molar-refractivity contribution in [1.82, 2.24) is 14.5 Å². The zero-order valence-corrected chi connectivity index (χ0v) is 32.8. The Morgan fingerprint density at radius 1 is 0.685 bits per heavy atom. The zero-order chi connectivity index (χ0) is 38.1.